The standard InChI is InChI=1S/C14H18O4S/c1-17-7-8-19-10-11-3-5-13(18-2)12(9-11)4-6-14(15)16/h3-6,9H,7-8,10H2,1-2H3,(H,15,16)/b6-4+. The Morgan fingerprint density at radius 1 is 1.42 bits per heavy atom. The van der Waals surface area contributed by atoms with Crippen LogP contribution in [0.1, 0.15) is 11.1 Å². The van der Waals surface area contributed by atoms with Crippen molar-refractivity contribution >= 4 is 23.8 Å². The van der Waals surface area contributed by atoms with Gasteiger partial charge < -0.3 is 14.6 Å². The van der Waals surface area contributed by atoms with Crippen LogP contribution in [0.15, 0.2) is 24.3 Å². The molecule has 0 amide bonds. The summed E-state index contributed by atoms with van der Waals surface area (Å²) in [5, 5.41) is 8.66. The highest BCUT2D eigenvalue weighted by atomic mass is 32.2. The van der Waals surface area contributed by atoms with Gasteiger partial charge in [0.05, 0.1) is 13.7 Å². The summed E-state index contributed by atoms with van der Waals surface area (Å²) in [5.41, 5.74) is 1.90. The highest BCUT2D eigenvalue weighted by molar-refractivity contribution is 7.98. The predicted octanol–water partition coefficient (Wildman–Crippen LogP) is 2.67. The molecule has 0 aromatic heterocycles. The second-order valence-electron chi connectivity index (χ2n) is 3.79. The van der Waals surface area contributed by atoms with Gasteiger partial charge in [-0.05, 0) is 23.8 Å². The average Bonchev–Trinajstić information content (AvgIpc) is 2.41. The second-order valence-corrected chi connectivity index (χ2v) is 4.90. The fourth-order valence-electron chi connectivity index (χ4n) is 1.50. The summed E-state index contributed by atoms with van der Waals surface area (Å²) in [4.78, 5) is 10.6. The number of hydrogen-bond acceptors (Lipinski definition) is 4. The van der Waals surface area contributed by atoms with Crippen LogP contribution in [0.25, 0.3) is 6.08 Å². The van der Waals surface area contributed by atoms with Crippen molar-refractivity contribution in [3.8, 4) is 5.75 Å². The summed E-state index contributed by atoms with van der Waals surface area (Å²) >= 11 is 1.77. The lowest BCUT2D eigenvalue weighted by Crippen LogP contribution is -1.94. The summed E-state index contributed by atoms with van der Waals surface area (Å²) in [6, 6.07) is 5.78. The van der Waals surface area contributed by atoms with Crippen molar-refractivity contribution in [2.24, 2.45) is 0 Å². The molecule has 104 valence electrons. The first-order valence-corrected chi connectivity index (χ1v) is 6.97. The number of carboxylic acids is 1. The zero-order chi connectivity index (χ0) is 14.1. The molecule has 0 atom stereocenters. The van der Waals surface area contributed by atoms with Crippen molar-refractivity contribution < 1.29 is 19.4 Å². The van der Waals surface area contributed by atoms with E-state index in [2.05, 4.69) is 0 Å². The van der Waals surface area contributed by atoms with Crippen LogP contribution in [0.4, 0.5) is 0 Å². The predicted molar refractivity (Wildman–Crippen MR) is 77.7 cm³/mol. The van der Waals surface area contributed by atoms with Gasteiger partial charge in [0.15, 0.2) is 0 Å². The number of aliphatic carboxylic acids is 1. The van der Waals surface area contributed by atoms with Gasteiger partial charge in [0.2, 0.25) is 0 Å². The quantitative estimate of drug-likeness (QED) is 0.587. The van der Waals surface area contributed by atoms with Gasteiger partial charge in [0.25, 0.3) is 0 Å². The highest BCUT2D eigenvalue weighted by Gasteiger charge is 2.03. The number of ether oxygens (including phenoxy) is 2. The number of thioether (sulfide) groups is 1. The van der Waals surface area contributed by atoms with Crippen LogP contribution in [-0.4, -0.2) is 37.7 Å². The van der Waals surface area contributed by atoms with Crippen molar-refractivity contribution in [2.45, 2.75) is 5.75 Å². The van der Waals surface area contributed by atoms with Crippen LogP contribution in [-0.2, 0) is 15.3 Å². The largest absolute Gasteiger partial charge is 0.496 e. The van der Waals surface area contributed by atoms with E-state index < -0.39 is 5.97 Å². The van der Waals surface area contributed by atoms with Crippen molar-refractivity contribution in [3.63, 3.8) is 0 Å². The third-order valence-corrected chi connectivity index (χ3v) is 3.39. The first kappa shape index (κ1) is 15.6. The first-order valence-electron chi connectivity index (χ1n) is 5.82. The number of methoxy groups -OCH3 is 2. The first-order chi connectivity index (χ1) is 9.17. The lowest BCUT2D eigenvalue weighted by atomic mass is 10.1. The SMILES string of the molecule is COCCSCc1ccc(OC)c(/C=C/C(=O)O)c1. The smallest absolute Gasteiger partial charge is 0.328 e. The van der Waals surface area contributed by atoms with Crippen LogP contribution in [0, 0.1) is 0 Å². The lowest BCUT2D eigenvalue weighted by Gasteiger charge is -2.08. The second kappa shape index (κ2) is 8.61. The molecule has 0 aliphatic rings. The molecule has 0 saturated heterocycles. The van der Waals surface area contributed by atoms with Gasteiger partial charge >= 0.3 is 5.97 Å². The number of carbonyl (C=O) groups is 1. The van der Waals surface area contributed by atoms with Crippen molar-refractivity contribution in [1.29, 1.82) is 0 Å². The topological polar surface area (TPSA) is 55.8 Å². The van der Waals surface area contributed by atoms with E-state index in [-0.39, 0.29) is 0 Å². The maximum Gasteiger partial charge on any atom is 0.328 e. The van der Waals surface area contributed by atoms with E-state index in [1.165, 1.54) is 0 Å². The number of carboxylic acid groups (broad SMARTS) is 1. The zero-order valence-corrected chi connectivity index (χ0v) is 11.9. The van der Waals surface area contributed by atoms with Crippen LogP contribution >= 0.6 is 11.8 Å². The van der Waals surface area contributed by atoms with E-state index in [0.717, 1.165) is 35.3 Å². The third kappa shape index (κ3) is 5.81. The number of benzene rings is 1. The summed E-state index contributed by atoms with van der Waals surface area (Å²) in [6.07, 6.45) is 2.66. The Labute approximate surface area is 117 Å². The summed E-state index contributed by atoms with van der Waals surface area (Å²) in [6.45, 7) is 0.729. The molecule has 0 saturated carbocycles. The van der Waals surface area contributed by atoms with Crippen LogP contribution in [0.3, 0.4) is 0 Å². The molecule has 0 radical (unpaired) electrons. The fourth-order valence-corrected chi connectivity index (χ4v) is 2.34. The minimum atomic E-state index is -0.970. The third-order valence-electron chi connectivity index (χ3n) is 2.40. The van der Waals surface area contributed by atoms with Crippen LogP contribution < -0.4 is 4.74 Å². The van der Waals surface area contributed by atoms with Crippen molar-refractivity contribution in [1.82, 2.24) is 0 Å². The molecular weight excluding hydrogens is 264 g/mol. The van der Waals surface area contributed by atoms with Gasteiger partial charge in [-0.2, -0.15) is 11.8 Å². The van der Waals surface area contributed by atoms with Gasteiger partial charge in [-0.25, -0.2) is 4.79 Å². The van der Waals surface area contributed by atoms with E-state index >= 15 is 0 Å². The van der Waals surface area contributed by atoms with Gasteiger partial charge in [-0.1, -0.05) is 6.07 Å². The molecule has 0 aliphatic carbocycles. The normalized spacial score (nSPS) is 10.8. The molecule has 1 N–H and O–H groups in total. The molecule has 0 bridgehead atoms. The maximum atomic E-state index is 10.6. The molecule has 0 aliphatic heterocycles. The van der Waals surface area contributed by atoms with E-state index in [9.17, 15) is 4.79 Å². The van der Waals surface area contributed by atoms with E-state index in [1.54, 1.807) is 32.1 Å². The number of rotatable bonds is 8. The molecule has 19 heavy (non-hydrogen) atoms. The van der Waals surface area contributed by atoms with E-state index in [1.807, 2.05) is 18.2 Å². The molecule has 1 rings (SSSR count). The van der Waals surface area contributed by atoms with E-state index in [0.29, 0.717) is 5.75 Å². The van der Waals surface area contributed by atoms with Crippen LogP contribution in [0.2, 0.25) is 0 Å². The molecular formula is C14H18O4S. The minimum absolute atomic E-state index is 0.670. The summed E-state index contributed by atoms with van der Waals surface area (Å²) in [5.74, 6) is 1.49. The van der Waals surface area contributed by atoms with E-state index in [4.69, 9.17) is 14.6 Å². The molecule has 0 spiro atoms. The molecule has 1 aromatic rings. The molecule has 4 nitrogen and oxygen atoms in total. The Balaban J connectivity index is 2.74. The minimum Gasteiger partial charge on any atom is -0.496 e. The van der Waals surface area contributed by atoms with Crippen molar-refractivity contribution in [2.75, 3.05) is 26.6 Å². The van der Waals surface area contributed by atoms with Gasteiger partial charge in [-0.3, -0.25) is 0 Å². The van der Waals surface area contributed by atoms with Gasteiger partial charge in [0.1, 0.15) is 5.75 Å². The maximum absolute atomic E-state index is 10.6. The molecule has 0 heterocycles. The van der Waals surface area contributed by atoms with Gasteiger partial charge in [0, 0.05) is 30.3 Å². The Bertz CT molecular complexity index is 443. The highest BCUT2D eigenvalue weighted by Crippen LogP contribution is 2.23. The monoisotopic (exact) mass is 282 g/mol. The molecule has 0 fully saturated rings. The summed E-state index contributed by atoms with van der Waals surface area (Å²) < 4.78 is 10.2. The molecule has 1 aromatic carbocycles. The Morgan fingerprint density at radius 2 is 2.21 bits per heavy atom. The lowest BCUT2D eigenvalue weighted by molar-refractivity contribution is -0.131. The van der Waals surface area contributed by atoms with Crippen LogP contribution in [0.5, 0.6) is 5.75 Å². The fraction of sp³-hybridized carbons (Fsp3) is 0.357. The Hall–Kier alpha value is -1.46. The summed E-state index contributed by atoms with van der Waals surface area (Å²) in [7, 11) is 3.25. The van der Waals surface area contributed by atoms with Crippen molar-refractivity contribution in [3.05, 3.63) is 35.4 Å². The molecule has 0 unspecified atom stereocenters. The Morgan fingerprint density at radius 3 is 2.84 bits per heavy atom. The number of hydrogen-bond donors (Lipinski definition) is 1. The zero-order valence-electron chi connectivity index (χ0n) is 11.1. The Kier molecular flexibility index (Phi) is 7.07. The van der Waals surface area contributed by atoms with Gasteiger partial charge in [-0.15, -0.1) is 0 Å². The average molecular weight is 282 g/mol. The molecule has 5 heteroatoms.